The lowest BCUT2D eigenvalue weighted by molar-refractivity contribution is -0.174. The summed E-state index contributed by atoms with van der Waals surface area (Å²) in [6, 6.07) is 0. The summed E-state index contributed by atoms with van der Waals surface area (Å²) < 4.78 is 0. The zero-order valence-electron chi connectivity index (χ0n) is 18.3. The summed E-state index contributed by atoms with van der Waals surface area (Å²) in [5.41, 5.74) is 0.352. The van der Waals surface area contributed by atoms with Crippen LogP contribution in [0.3, 0.4) is 0 Å². The molecule has 0 spiro atoms. The normalized spacial score (nSPS) is 51.4. The number of carboxylic acids is 1. The summed E-state index contributed by atoms with van der Waals surface area (Å²) in [6.45, 7) is 6.91. The number of hydrogen-bond acceptors (Lipinski definition) is 4. The Bertz CT molecular complexity index is 637. The molecule has 0 aromatic heterocycles. The van der Waals surface area contributed by atoms with Crippen LogP contribution in [0.4, 0.5) is 0 Å². The molecule has 0 aromatic rings. The maximum Gasteiger partial charge on any atom is 0.332 e. The smallest absolute Gasteiger partial charge is 0.332 e. The Morgan fingerprint density at radius 1 is 1.00 bits per heavy atom. The molecule has 4 N–H and O–H groups in total. The molecule has 29 heavy (non-hydrogen) atoms. The molecule has 0 bridgehead atoms. The van der Waals surface area contributed by atoms with E-state index in [1.807, 2.05) is 0 Å². The summed E-state index contributed by atoms with van der Waals surface area (Å²) in [6.07, 6.45) is 6.60. The van der Waals surface area contributed by atoms with Gasteiger partial charge in [0.05, 0.1) is 12.2 Å². The number of carboxylic acid groups (broad SMARTS) is 1. The fourth-order valence-electron chi connectivity index (χ4n) is 8.79. The predicted molar refractivity (Wildman–Crippen MR) is 110 cm³/mol. The van der Waals surface area contributed by atoms with Gasteiger partial charge in [-0.3, -0.25) is 0 Å². The van der Waals surface area contributed by atoms with Crippen LogP contribution in [0, 0.1) is 46.3 Å². The number of fused-ring (bicyclic) bond motifs is 5. The maximum atomic E-state index is 11.2. The molecule has 4 rings (SSSR count). The average Bonchev–Trinajstić information content (AvgIpc) is 3.00. The molecular formula is C24H40O5. The lowest BCUT2D eigenvalue weighted by atomic mass is 9.43. The first-order chi connectivity index (χ1) is 13.6. The first-order valence-corrected chi connectivity index (χ1v) is 11.8. The summed E-state index contributed by atoms with van der Waals surface area (Å²) in [5, 5.41) is 40.5. The van der Waals surface area contributed by atoms with Crippen LogP contribution in [-0.2, 0) is 4.79 Å². The van der Waals surface area contributed by atoms with Crippen LogP contribution in [0.25, 0.3) is 0 Å². The Morgan fingerprint density at radius 2 is 1.66 bits per heavy atom. The minimum atomic E-state index is -1.28. The van der Waals surface area contributed by atoms with Crippen molar-refractivity contribution < 1.29 is 25.2 Å². The lowest BCUT2D eigenvalue weighted by Crippen LogP contribution is -2.58. The van der Waals surface area contributed by atoms with E-state index in [-0.39, 0.29) is 29.0 Å². The molecule has 4 saturated carbocycles. The Labute approximate surface area is 174 Å². The van der Waals surface area contributed by atoms with Gasteiger partial charge in [-0.25, -0.2) is 4.79 Å². The van der Waals surface area contributed by atoms with Crippen LogP contribution in [0.1, 0.15) is 78.6 Å². The van der Waals surface area contributed by atoms with Crippen molar-refractivity contribution in [2.45, 2.75) is 96.9 Å². The van der Waals surface area contributed by atoms with Crippen molar-refractivity contribution in [3.63, 3.8) is 0 Å². The largest absolute Gasteiger partial charge is 0.479 e. The highest BCUT2D eigenvalue weighted by molar-refractivity contribution is 5.71. The van der Waals surface area contributed by atoms with Crippen molar-refractivity contribution in [3.8, 4) is 0 Å². The van der Waals surface area contributed by atoms with Crippen LogP contribution in [0.2, 0.25) is 0 Å². The van der Waals surface area contributed by atoms with E-state index in [9.17, 15) is 20.1 Å². The minimum absolute atomic E-state index is 0.122. The Balaban J connectivity index is 1.56. The van der Waals surface area contributed by atoms with Crippen molar-refractivity contribution in [3.05, 3.63) is 0 Å². The van der Waals surface area contributed by atoms with Crippen LogP contribution in [0.5, 0.6) is 0 Å². The molecule has 0 aliphatic heterocycles. The first-order valence-electron chi connectivity index (χ1n) is 11.8. The van der Waals surface area contributed by atoms with Gasteiger partial charge in [-0.15, -0.1) is 0 Å². The van der Waals surface area contributed by atoms with Gasteiger partial charge in [-0.1, -0.05) is 20.8 Å². The molecule has 5 heteroatoms. The fourth-order valence-corrected chi connectivity index (χ4v) is 8.79. The number of aliphatic hydroxyl groups is 3. The van der Waals surface area contributed by atoms with Crippen LogP contribution < -0.4 is 0 Å². The molecule has 0 amide bonds. The van der Waals surface area contributed by atoms with Crippen molar-refractivity contribution >= 4 is 5.97 Å². The molecule has 5 nitrogen and oxygen atoms in total. The van der Waals surface area contributed by atoms with Gasteiger partial charge < -0.3 is 20.4 Å². The van der Waals surface area contributed by atoms with E-state index in [2.05, 4.69) is 20.8 Å². The van der Waals surface area contributed by atoms with Gasteiger partial charge >= 0.3 is 5.97 Å². The molecule has 166 valence electrons. The second kappa shape index (κ2) is 7.49. The van der Waals surface area contributed by atoms with Crippen molar-refractivity contribution in [2.75, 3.05) is 0 Å². The van der Waals surface area contributed by atoms with Gasteiger partial charge in [0.2, 0.25) is 0 Å². The van der Waals surface area contributed by atoms with Gasteiger partial charge in [-0.2, -0.15) is 0 Å². The van der Waals surface area contributed by atoms with Crippen LogP contribution >= 0.6 is 0 Å². The third-order valence-corrected chi connectivity index (χ3v) is 10.3. The topological polar surface area (TPSA) is 98.0 Å². The van der Waals surface area contributed by atoms with Crippen LogP contribution in [0.15, 0.2) is 0 Å². The number of aliphatic hydroxyl groups excluding tert-OH is 3. The molecule has 4 aliphatic carbocycles. The monoisotopic (exact) mass is 408 g/mol. The average molecular weight is 409 g/mol. The lowest BCUT2D eigenvalue weighted by Gasteiger charge is -2.62. The highest BCUT2D eigenvalue weighted by atomic mass is 16.4. The summed E-state index contributed by atoms with van der Waals surface area (Å²) in [5.74, 6) is 1.22. The van der Waals surface area contributed by atoms with Gasteiger partial charge in [0.25, 0.3) is 0 Å². The fraction of sp³-hybridized carbons (Fsp3) is 0.958. The number of rotatable bonds is 4. The Morgan fingerprint density at radius 3 is 2.34 bits per heavy atom. The van der Waals surface area contributed by atoms with Crippen molar-refractivity contribution in [1.82, 2.24) is 0 Å². The Kier molecular flexibility index (Phi) is 5.57. The summed E-state index contributed by atoms with van der Waals surface area (Å²) in [4.78, 5) is 11.1. The predicted octanol–water partition coefficient (Wildman–Crippen LogP) is 3.45. The van der Waals surface area contributed by atoms with E-state index in [1.165, 1.54) is 0 Å². The second-order valence-corrected chi connectivity index (χ2v) is 11.5. The molecular weight excluding hydrogens is 368 g/mol. The van der Waals surface area contributed by atoms with Gasteiger partial charge in [0.1, 0.15) is 0 Å². The molecule has 0 aromatic carbocycles. The van der Waals surface area contributed by atoms with E-state index in [1.54, 1.807) is 0 Å². The standard InChI is InChI=1S/C24H40O5/c1-13(10-20(27)22(28)29)16-4-5-17-21-18(7-9-24(16,17)3)23(2)8-6-15(25)11-14(23)12-19(21)26/h13-21,25-27H,4-12H2,1-3H3,(H,28,29)/t13-,14+,15-,16-,17?,18?,19-,20-,21?,23+,24-/m1/s1. The highest BCUT2D eigenvalue weighted by Gasteiger charge is 2.62. The third-order valence-electron chi connectivity index (χ3n) is 10.3. The van der Waals surface area contributed by atoms with Gasteiger partial charge in [-0.05, 0) is 104 Å². The van der Waals surface area contributed by atoms with E-state index >= 15 is 0 Å². The van der Waals surface area contributed by atoms with E-state index in [0.717, 1.165) is 51.4 Å². The molecule has 0 heterocycles. The second-order valence-electron chi connectivity index (χ2n) is 11.5. The van der Waals surface area contributed by atoms with Crippen molar-refractivity contribution in [1.29, 1.82) is 0 Å². The summed E-state index contributed by atoms with van der Waals surface area (Å²) in [7, 11) is 0. The zero-order valence-corrected chi connectivity index (χ0v) is 18.3. The SMILES string of the molecule is C[C@H](C[C@@H](O)C(=O)O)[C@H]1CCC2C3C(CC[C@@]21C)[C@@]1(C)CC[C@@H](O)C[C@H]1C[C@H]3O. The molecule has 4 aliphatic rings. The van der Waals surface area contributed by atoms with Gasteiger partial charge in [0.15, 0.2) is 6.10 Å². The maximum absolute atomic E-state index is 11.2. The zero-order chi connectivity index (χ0) is 21.1. The van der Waals surface area contributed by atoms with E-state index in [0.29, 0.717) is 36.0 Å². The minimum Gasteiger partial charge on any atom is -0.479 e. The number of carbonyl (C=O) groups is 1. The van der Waals surface area contributed by atoms with Crippen LogP contribution in [-0.4, -0.2) is 44.7 Å². The van der Waals surface area contributed by atoms with Gasteiger partial charge in [0, 0.05) is 0 Å². The number of hydrogen-bond donors (Lipinski definition) is 4. The molecule has 3 unspecified atom stereocenters. The molecule has 4 fully saturated rings. The van der Waals surface area contributed by atoms with E-state index in [4.69, 9.17) is 5.11 Å². The molecule has 0 saturated heterocycles. The third kappa shape index (κ3) is 3.36. The molecule has 11 atom stereocenters. The number of aliphatic carboxylic acids is 1. The molecule has 0 radical (unpaired) electrons. The van der Waals surface area contributed by atoms with E-state index < -0.39 is 12.1 Å². The Hall–Kier alpha value is -0.650. The summed E-state index contributed by atoms with van der Waals surface area (Å²) >= 11 is 0. The first kappa shape index (κ1) is 21.6. The van der Waals surface area contributed by atoms with Crippen molar-refractivity contribution in [2.24, 2.45) is 46.3 Å². The highest BCUT2D eigenvalue weighted by Crippen LogP contribution is 2.68. The quantitative estimate of drug-likeness (QED) is 0.571.